The number of rotatable bonds is 11. The van der Waals surface area contributed by atoms with Gasteiger partial charge in [0.25, 0.3) is 5.91 Å². The molecular weight excluding hydrogens is 471 g/mol. The first kappa shape index (κ1) is 25.5. The Morgan fingerprint density at radius 1 is 1.14 bits per heavy atom. The lowest BCUT2D eigenvalue weighted by atomic mass is 10.0. The number of alkyl halides is 3. The van der Waals surface area contributed by atoms with Crippen LogP contribution in [0.2, 0.25) is 0 Å². The second-order valence-electron chi connectivity index (χ2n) is 7.39. The maximum absolute atomic E-state index is 12.7. The van der Waals surface area contributed by atoms with Gasteiger partial charge in [-0.1, -0.05) is 6.07 Å². The summed E-state index contributed by atoms with van der Waals surface area (Å²) in [6, 6.07) is 9.29. The summed E-state index contributed by atoms with van der Waals surface area (Å²) in [5.41, 5.74) is 0.321. The van der Waals surface area contributed by atoms with Gasteiger partial charge in [-0.05, 0) is 48.0 Å². The van der Waals surface area contributed by atoms with Gasteiger partial charge in [0.15, 0.2) is 5.78 Å². The van der Waals surface area contributed by atoms with Crippen molar-refractivity contribution in [3.63, 3.8) is 0 Å². The van der Waals surface area contributed by atoms with E-state index >= 15 is 0 Å². The average molecular weight is 493 g/mol. The van der Waals surface area contributed by atoms with Gasteiger partial charge in [0.1, 0.15) is 17.2 Å². The van der Waals surface area contributed by atoms with Crippen molar-refractivity contribution >= 4 is 17.4 Å². The summed E-state index contributed by atoms with van der Waals surface area (Å²) < 4.78 is 49.3. The van der Waals surface area contributed by atoms with Crippen molar-refractivity contribution in [2.24, 2.45) is 0 Å². The molecule has 0 spiro atoms. The van der Waals surface area contributed by atoms with E-state index in [1.54, 1.807) is 24.3 Å². The molecule has 35 heavy (non-hydrogen) atoms. The Labute approximate surface area is 197 Å². The molecule has 0 atom stereocenters. The molecule has 0 saturated carbocycles. The van der Waals surface area contributed by atoms with E-state index in [1.807, 2.05) is 0 Å². The van der Waals surface area contributed by atoms with E-state index < -0.39 is 36.5 Å². The minimum atomic E-state index is -4.43. The van der Waals surface area contributed by atoms with Gasteiger partial charge < -0.3 is 19.9 Å². The number of H-pyrrole nitrogens is 1. The highest BCUT2D eigenvalue weighted by Gasteiger charge is 2.28. The van der Waals surface area contributed by atoms with Crippen LogP contribution in [0.5, 0.6) is 17.2 Å². The summed E-state index contributed by atoms with van der Waals surface area (Å²) in [5.74, 6) is -1.01. The van der Waals surface area contributed by atoms with Crippen LogP contribution in [-0.4, -0.2) is 56.8 Å². The van der Waals surface area contributed by atoms with E-state index in [-0.39, 0.29) is 35.9 Å². The van der Waals surface area contributed by atoms with Gasteiger partial charge in [0, 0.05) is 30.2 Å². The summed E-state index contributed by atoms with van der Waals surface area (Å²) in [6.45, 7) is 1.51. The van der Waals surface area contributed by atoms with Crippen molar-refractivity contribution in [3.05, 3.63) is 53.3 Å². The molecule has 1 heterocycles. The third-order valence-corrected chi connectivity index (χ3v) is 4.74. The summed E-state index contributed by atoms with van der Waals surface area (Å²) in [7, 11) is 0. The molecule has 3 aromatic rings. The minimum absolute atomic E-state index is 0.0505. The number of amides is 1. The number of benzene rings is 2. The van der Waals surface area contributed by atoms with Crippen molar-refractivity contribution in [2.75, 3.05) is 18.5 Å². The summed E-state index contributed by atoms with van der Waals surface area (Å²) in [5, 5.41) is 25.4. The van der Waals surface area contributed by atoms with E-state index in [0.29, 0.717) is 17.9 Å². The number of tetrazole rings is 1. The number of halogens is 3. The average Bonchev–Trinajstić information content (AvgIpc) is 3.33. The zero-order valence-corrected chi connectivity index (χ0v) is 18.6. The fraction of sp³-hybridized carbons (Fsp3) is 0.318. The van der Waals surface area contributed by atoms with Crippen LogP contribution in [0.1, 0.15) is 46.3 Å². The zero-order valence-electron chi connectivity index (χ0n) is 18.6. The van der Waals surface area contributed by atoms with Gasteiger partial charge >= 0.3 is 6.18 Å². The molecule has 0 aliphatic carbocycles. The number of hydrogen-bond donors (Lipinski definition) is 3. The van der Waals surface area contributed by atoms with E-state index in [9.17, 15) is 27.9 Å². The molecule has 0 unspecified atom stereocenters. The number of carbonyl (C=O) groups is 2. The van der Waals surface area contributed by atoms with Gasteiger partial charge in [-0.25, -0.2) is 5.10 Å². The first-order valence-corrected chi connectivity index (χ1v) is 10.5. The lowest BCUT2D eigenvalue weighted by molar-refractivity contribution is -0.134. The third kappa shape index (κ3) is 7.42. The number of aromatic hydroxyl groups is 1. The quantitative estimate of drug-likeness (QED) is 0.271. The van der Waals surface area contributed by atoms with Crippen LogP contribution in [0, 0.1) is 0 Å². The molecule has 2 aromatic carbocycles. The summed E-state index contributed by atoms with van der Waals surface area (Å²) >= 11 is 0. The Balaban J connectivity index is 1.54. The molecule has 0 aliphatic rings. The van der Waals surface area contributed by atoms with Gasteiger partial charge in [-0.15, -0.1) is 5.10 Å². The van der Waals surface area contributed by atoms with Crippen molar-refractivity contribution in [1.82, 2.24) is 20.6 Å². The maximum Gasteiger partial charge on any atom is 0.389 e. The second kappa shape index (κ2) is 11.3. The number of phenolic OH excluding ortho intramolecular Hbond substituents is 1. The fourth-order valence-electron chi connectivity index (χ4n) is 3.09. The van der Waals surface area contributed by atoms with E-state index in [1.165, 1.54) is 19.1 Å². The number of aromatic nitrogens is 4. The molecule has 0 aliphatic heterocycles. The Morgan fingerprint density at radius 3 is 2.60 bits per heavy atom. The molecular formula is C22H22F3N5O5. The molecule has 0 fully saturated rings. The smallest absolute Gasteiger partial charge is 0.389 e. The topological polar surface area (TPSA) is 139 Å². The number of nitrogens with zero attached hydrogens (tertiary/aromatic N) is 3. The molecule has 186 valence electrons. The molecule has 0 saturated heterocycles. The lowest BCUT2D eigenvalue weighted by Gasteiger charge is -2.16. The number of carbonyl (C=O) groups excluding carboxylic acids is 2. The molecule has 3 rings (SSSR count). The van der Waals surface area contributed by atoms with Crippen LogP contribution in [0.3, 0.4) is 0 Å². The highest BCUT2D eigenvalue weighted by atomic mass is 19.4. The normalized spacial score (nSPS) is 11.2. The SMILES string of the molecule is CC(=O)c1ccc(OCCCOc2cccc(NC(=O)c3nnn[nH]3)c2)c(CCC(F)(F)F)c1O. The molecule has 1 amide bonds. The van der Waals surface area contributed by atoms with Crippen LogP contribution < -0.4 is 14.8 Å². The van der Waals surface area contributed by atoms with Crippen LogP contribution in [0.15, 0.2) is 36.4 Å². The maximum atomic E-state index is 12.7. The molecule has 1 aromatic heterocycles. The number of phenols is 1. The second-order valence-corrected chi connectivity index (χ2v) is 7.39. The van der Waals surface area contributed by atoms with Crippen LogP contribution >= 0.6 is 0 Å². The van der Waals surface area contributed by atoms with Gasteiger partial charge in [-0.2, -0.15) is 13.2 Å². The van der Waals surface area contributed by atoms with E-state index in [2.05, 4.69) is 25.9 Å². The Kier molecular flexibility index (Phi) is 8.23. The number of aromatic amines is 1. The van der Waals surface area contributed by atoms with Gasteiger partial charge in [0.2, 0.25) is 5.82 Å². The number of ketones is 1. The highest BCUT2D eigenvalue weighted by molar-refractivity contribution is 6.01. The largest absolute Gasteiger partial charge is 0.507 e. The predicted octanol–water partition coefficient (Wildman–Crippen LogP) is 3.70. The predicted molar refractivity (Wildman–Crippen MR) is 117 cm³/mol. The van der Waals surface area contributed by atoms with E-state index in [0.717, 1.165) is 0 Å². The Bertz CT molecular complexity index is 1170. The monoisotopic (exact) mass is 493 g/mol. The van der Waals surface area contributed by atoms with Crippen LogP contribution in [0.25, 0.3) is 0 Å². The number of Topliss-reactive ketones (excluding diaryl/α,β-unsaturated/α-hetero) is 1. The van der Waals surface area contributed by atoms with Crippen molar-refractivity contribution in [1.29, 1.82) is 0 Å². The van der Waals surface area contributed by atoms with Gasteiger partial charge in [0.05, 0.1) is 18.8 Å². The molecule has 0 bridgehead atoms. The van der Waals surface area contributed by atoms with Crippen molar-refractivity contribution in [2.45, 2.75) is 32.4 Å². The first-order chi connectivity index (χ1) is 16.6. The molecule has 10 nitrogen and oxygen atoms in total. The lowest BCUT2D eigenvalue weighted by Crippen LogP contribution is -2.14. The summed E-state index contributed by atoms with van der Waals surface area (Å²) in [4.78, 5) is 23.6. The minimum Gasteiger partial charge on any atom is -0.507 e. The summed E-state index contributed by atoms with van der Waals surface area (Å²) in [6.07, 6.45) is -5.75. The number of nitrogens with one attached hydrogen (secondary N) is 2. The fourth-order valence-corrected chi connectivity index (χ4v) is 3.09. The van der Waals surface area contributed by atoms with Crippen molar-refractivity contribution < 1.29 is 37.3 Å². The number of hydrogen-bond acceptors (Lipinski definition) is 8. The number of ether oxygens (including phenoxy) is 2. The molecule has 3 N–H and O–H groups in total. The van der Waals surface area contributed by atoms with Gasteiger partial charge in [-0.3, -0.25) is 9.59 Å². The van der Waals surface area contributed by atoms with Crippen LogP contribution in [0.4, 0.5) is 18.9 Å². The first-order valence-electron chi connectivity index (χ1n) is 10.5. The van der Waals surface area contributed by atoms with Crippen LogP contribution in [-0.2, 0) is 6.42 Å². The van der Waals surface area contributed by atoms with E-state index in [4.69, 9.17) is 9.47 Å². The molecule has 0 radical (unpaired) electrons. The number of anilines is 1. The molecule has 13 heteroatoms. The van der Waals surface area contributed by atoms with Crippen molar-refractivity contribution in [3.8, 4) is 17.2 Å². The Hall–Kier alpha value is -4.16. The Morgan fingerprint density at radius 2 is 1.91 bits per heavy atom. The standard InChI is InChI=1S/C22H22F3N5O5/c1-13(31)16-6-7-18(17(19(16)32)8-9-22(23,24)25)35-11-3-10-34-15-5-2-4-14(12-15)26-21(33)20-27-29-30-28-20/h2,4-7,12,32H,3,8-11H2,1H3,(H,26,33)(H,27,28,29,30). The zero-order chi connectivity index (χ0) is 25.4. The highest BCUT2D eigenvalue weighted by Crippen LogP contribution is 2.35. The third-order valence-electron chi connectivity index (χ3n) is 4.74.